The number of hydrogen-bond acceptors (Lipinski definition) is 6. The highest BCUT2D eigenvalue weighted by Gasteiger charge is 2.12. The maximum Gasteiger partial charge on any atom is 0.270 e. The summed E-state index contributed by atoms with van der Waals surface area (Å²) >= 11 is 0. The van der Waals surface area contributed by atoms with E-state index in [9.17, 15) is 14.9 Å². The molecular weight excluding hydrogens is 324 g/mol. The van der Waals surface area contributed by atoms with Crippen LogP contribution in [0.4, 0.5) is 11.5 Å². The van der Waals surface area contributed by atoms with Crippen molar-refractivity contribution in [2.75, 3.05) is 18.4 Å². The second kappa shape index (κ2) is 7.39. The second-order valence-corrected chi connectivity index (χ2v) is 5.33. The normalized spacial score (nSPS) is 10.6. The zero-order valence-corrected chi connectivity index (χ0v) is 13.2. The highest BCUT2D eigenvalue weighted by atomic mass is 16.6. The lowest BCUT2D eigenvalue weighted by molar-refractivity contribution is -0.384. The molecule has 0 aliphatic heterocycles. The monoisotopic (exact) mass is 340 g/mol. The van der Waals surface area contributed by atoms with E-state index in [1.165, 1.54) is 18.5 Å². The predicted molar refractivity (Wildman–Crippen MR) is 93.2 cm³/mol. The molecule has 2 heterocycles. The first kappa shape index (κ1) is 16.4. The Morgan fingerprint density at radius 1 is 1.24 bits per heavy atom. The summed E-state index contributed by atoms with van der Waals surface area (Å²) < 4.78 is 0. The van der Waals surface area contributed by atoms with Gasteiger partial charge in [-0.25, -0.2) is 9.97 Å². The molecule has 1 amide bonds. The van der Waals surface area contributed by atoms with Crippen LogP contribution in [0.25, 0.3) is 22.3 Å². The largest absolute Gasteiger partial charge is 0.369 e. The van der Waals surface area contributed by atoms with E-state index < -0.39 is 4.92 Å². The second-order valence-electron chi connectivity index (χ2n) is 5.33. The molecule has 0 aliphatic rings. The van der Waals surface area contributed by atoms with E-state index in [1.807, 2.05) is 6.07 Å². The van der Waals surface area contributed by atoms with Gasteiger partial charge in [0, 0.05) is 36.5 Å². The number of nitrogens with zero attached hydrogens (tertiary/aromatic N) is 3. The molecule has 3 N–H and O–H groups in total. The molecule has 0 aliphatic carbocycles. The number of carbonyl (C=O) groups is 1. The molecule has 0 atom stereocenters. The molecule has 3 rings (SSSR count). The number of carbonyl (C=O) groups excluding carboxylic acids is 1. The molecular formula is C16H16N6O3. The number of fused-ring (bicyclic) bond motifs is 1. The summed E-state index contributed by atoms with van der Waals surface area (Å²) in [4.78, 5) is 32.3. The average molecular weight is 340 g/mol. The SMILES string of the molecule is O=CNCCCNc1ncnc2[nH]c(-c3cccc([N+](=O)[O-])c3)cc12. The van der Waals surface area contributed by atoms with E-state index >= 15 is 0 Å². The Morgan fingerprint density at radius 3 is 2.92 bits per heavy atom. The number of anilines is 1. The Hall–Kier alpha value is -3.49. The van der Waals surface area contributed by atoms with Gasteiger partial charge in [0.25, 0.3) is 5.69 Å². The van der Waals surface area contributed by atoms with Crippen molar-refractivity contribution >= 4 is 28.9 Å². The van der Waals surface area contributed by atoms with Crippen molar-refractivity contribution in [2.45, 2.75) is 6.42 Å². The predicted octanol–water partition coefficient (Wildman–Crippen LogP) is 2.08. The van der Waals surface area contributed by atoms with Crippen LogP contribution in [0.1, 0.15) is 6.42 Å². The van der Waals surface area contributed by atoms with Crippen molar-refractivity contribution in [3.05, 3.63) is 46.8 Å². The summed E-state index contributed by atoms with van der Waals surface area (Å²) in [6, 6.07) is 8.26. The molecule has 3 aromatic rings. The zero-order chi connectivity index (χ0) is 17.6. The lowest BCUT2D eigenvalue weighted by Crippen LogP contribution is -2.16. The van der Waals surface area contributed by atoms with Crippen LogP contribution >= 0.6 is 0 Å². The summed E-state index contributed by atoms with van der Waals surface area (Å²) in [6.07, 6.45) is 2.87. The number of aromatic nitrogens is 3. The highest BCUT2D eigenvalue weighted by Crippen LogP contribution is 2.28. The van der Waals surface area contributed by atoms with Crippen molar-refractivity contribution < 1.29 is 9.72 Å². The fourth-order valence-corrected chi connectivity index (χ4v) is 2.48. The van der Waals surface area contributed by atoms with E-state index in [4.69, 9.17) is 0 Å². The van der Waals surface area contributed by atoms with E-state index in [-0.39, 0.29) is 5.69 Å². The van der Waals surface area contributed by atoms with Crippen LogP contribution < -0.4 is 10.6 Å². The van der Waals surface area contributed by atoms with Crippen LogP contribution in [-0.2, 0) is 4.79 Å². The summed E-state index contributed by atoms with van der Waals surface area (Å²) in [5.74, 6) is 0.670. The minimum absolute atomic E-state index is 0.0308. The van der Waals surface area contributed by atoms with Gasteiger partial charge in [-0.05, 0) is 12.5 Å². The Bertz CT molecular complexity index is 908. The van der Waals surface area contributed by atoms with Crippen molar-refractivity contribution in [3.8, 4) is 11.3 Å². The molecule has 128 valence electrons. The van der Waals surface area contributed by atoms with Gasteiger partial charge in [-0.15, -0.1) is 0 Å². The zero-order valence-electron chi connectivity index (χ0n) is 13.2. The van der Waals surface area contributed by atoms with Crippen molar-refractivity contribution in [3.63, 3.8) is 0 Å². The van der Waals surface area contributed by atoms with Crippen LogP contribution in [0.5, 0.6) is 0 Å². The van der Waals surface area contributed by atoms with Crippen molar-refractivity contribution in [1.29, 1.82) is 0 Å². The molecule has 9 nitrogen and oxygen atoms in total. The number of aromatic amines is 1. The first-order valence-corrected chi connectivity index (χ1v) is 7.68. The van der Waals surface area contributed by atoms with Gasteiger partial charge in [-0.2, -0.15) is 0 Å². The summed E-state index contributed by atoms with van der Waals surface area (Å²) in [6.45, 7) is 1.22. The highest BCUT2D eigenvalue weighted by molar-refractivity contribution is 5.91. The molecule has 0 unspecified atom stereocenters. The Kier molecular flexibility index (Phi) is 4.84. The molecule has 9 heteroatoms. The van der Waals surface area contributed by atoms with E-state index in [1.54, 1.807) is 12.1 Å². The van der Waals surface area contributed by atoms with Gasteiger partial charge in [0.1, 0.15) is 17.8 Å². The number of rotatable bonds is 8. The topological polar surface area (TPSA) is 126 Å². The van der Waals surface area contributed by atoms with E-state index in [2.05, 4.69) is 25.6 Å². The third-order valence-electron chi connectivity index (χ3n) is 3.67. The Labute approximate surface area is 142 Å². The molecule has 0 saturated heterocycles. The van der Waals surface area contributed by atoms with Crippen LogP contribution in [0, 0.1) is 10.1 Å². The molecule has 25 heavy (non-hydrogen) atoms. The van der Waals surface area contributed by atoms with E-state index in [0.29, 0.717) is 36.5 Å². The quantitative estimate of drug-likeness (QED) is 0.249. The molecule has 0 radical (unpaired) electrons. The number of nitro benzene ring substituents is 1. The first-order chi connectivity index (χ1) is 12.2. The van der Waals surface area contributed by atoms with Gasteiger partial charge < -0.3 is 15.6 Å². The number of non-ortho nitro benzene ring substituents is 1. The number of amides is 1. The van der Waals surface area contributed by atoms with Gasteiger partial charge in [0.2, 0.25) is 6.41 Å². The van der Waals surface area contributed by atoms with Gasteiger partial charge in [0.15, 0.2) is 0 Å². The lowest BCUT2D eigenvalue weighted by Gasteiger charge is -2.05. The van der Waals surface area contributed by atoms with Gasteiger partial charge in [-0.3, -0.25) is 14.9 Å². The number of nitrogens with one attached hydrogen (secondary N) is 3. The average Bonchev–Trinajstić information content (AvgIpc) is 3.07. The van der Waals surface area contributed by atoms with E-state index in [0.717, 1.165) is 17.5 Å². The van der Waals surface area contributed by atoms with Crippen LogP contribution in [0.2, 0.25) is 0 Å². The molecule has 0 fully saturated rings. The summed E-state index contributed by atoms with van der Waals surface area (Å²) in [7, 11) is 0. The number of H-pyrrole nitrogens is 1. The maximum atomic E-state index is 10.9. The molecule has 0 spiro atoms. The third kappa shape index (κ3) is 3.71. The molecule has 0 bridgehead atoms. The first-order valence-electron chi connectivity index (χ1n) is 7.68. The number of nitro groups is 1. The number of hydrogen-bond donors (Lipinski definition) is 3. The molecule has 2 aromatic heterocycles. The lowest BCUT2D eigenvalue weighted by atomic mass is 10.1. The van der Waals surface area contributed by atoms with Gasteiger partial charge >= 0.3 is 0 Å². The van der Waals surface area contributed by atoms with Gasteiger partial charge in [0.05, 0.1) is 10.3 Å². The fourth-order valence-electron chi connectivity index (χ4n) is 2.48. The standard InChI is InChI=1S/C16H16N6O3/c23-10-17-5-2-6-18-15-13-8-14(21-16(13)20-9-19-15)11-3-1-4-12(7-11)22(24)25/h1,3-4,7-10H,2,5-6H2,(H,17,23)(H2,18,19,20,21). The third-order valence-corrected chi connectivity index (χ3v) is 3.67. The minimum Gasteiger partial charge on any atom is -0.369 e. The van der Waals surface area contributed by atoms with Crippen LogP contribution in [0.15, 0.2) is 36.7 Å². The fraction of sp³-hybridized carbons (Fsp3) is 0.188. The maximum absolute atomic E-state index is 10.9. The van der Waals surface area contributed by atoms with Crippen LogP contribution in [-0.4, -0.2) is 39.4 Å². The minimum atomic E-state index is -0.424. The smallest absolute Gasteiger partial charge is 0.270 e. The molecule has 0 saturated carbocycles. The van der Waals surface area contributed by atoms with Gasteiger partial charge in [-0.1, -0.05) is 12.1 Å². The van der Waals surface area contributed by atoms with Crippen molar-refractivity contribution in [1.82, 2.24) is 20.3 Å². The molecule has 1 aromatic carbocycles. The number of benzene rings is 1. The summed E-state index contributed by atoms with van der Waals surface area (Å²) in [5.41, 5.74) is 2.10. The van der Waals surface area contributed by atoms with Crippen molar-refractivity contribution in [2.24, 2.45) is 0 Å². The van der Waals surface area contributed by atoms with Crippen LogP contribution in [0.3, 0.4) is 0 Å². The Morgan fingerprint density at radius 2 is 2.12 bits per heavy atom. The Balaban J connectivity index is 1.85. The summed E-state index contributed by atoms with van der Waals surface area (Å²) in [5, 5.41) is 17.5.